The average Bonchev–Trinajstić information content (AvgIpc) is 3.43. The Bertz CT molecular complexity index is 1430. The van der Waals surface area contributed by atoms with Crippen LogP contribution in [0.15, 0.2) is 49.1 Å². The molecule has 5 rings (SSSR count). The number of benzene rings is 1. The molecule has 1 aliphatic rings. The smallest absolute Gasteiger partial charge is 0.251 e. The number of anilines is 1. The second-order valence-electron chi connectivity index (χ2n) is 8.14. The molecule has 1 amide bonds. The number of fused-ring (bicyclic) bond motifs is 1. The molecule has 13 heteroatoms. The number of likely N-dealkylation sites (N-methyl/N-ethyl adjacent to an activating group) is 1. The molecule has 4 heterocycles. The van der Waals surface area contributed by atoms with Crippen molar-refractivity contribution in [2.24, 2.45) is 0 Å². The molecule has 1 saturated heterocycles. The predicted molar refractivity (Wildman–Crippen MR) is 140 cm³/mol. The number of carbonyl (C=O) groups excluding carboxylic acids is 1. The fourth-order valence-electron chi connectivity index (χ4n) is 3.97. The lowest BCUT2D eigenvalue weighted by molar-refractivity contribution is -0.137. The van der Waals surface area contributed by atoms with Crippen molar-refractivity contribution < 1.29 is 19.7 Å². The van der Waals surface area contributed by atoms with Crippen LogP contribution < -0.4 is 10.6 Å². The van der Waals surface area contributed by atoms with Crippen LogP contribution in [0, 0.1) is 3.57 Å². The molecule has 1 aromatic carbocycles. The topological polar surface area (TPSA) is 147 Å². The van der Waals surface area contributed by atoms with Gasteiger partial charge >= 0.3 is 0 Å². The van der Waals surface area contributed by atoms with Gasteiger partial charge in [-0.2, -0.15) is 0 Å². The summed E-state index contributed by atoms with van der Waals surface area (Å²) in [7, 11) is 1.43. The second-order valence-corrected chi connectivity index (χ2v) is 9.82. The van der Waals surface area contributed by atoms with E-state index in [0.29, 0.717) is 39.9 Å². The molecule has 11 nitrogen and oxygen atoms in total. The molecule has 4 aromatic rings. The molecular weight excluding hydrogens is 601 g/mol. The lowest BCUT2D eigenvalue weighted by atomic mass is 10.1. The van der Waals surface area contributed by atoms with Crippen molar-refractivity contribution in [2.75, 3.05) is 12.4 Å². The lowest BCUT2D eigenvalue weighted by Crippen LogP contribution is -2.41. The lowest BCUT2D eigenvalue weighted by Gasteiger charge is -2.17. The first-order valence-corrected chi connectivity index (χ1v) is 12.4. The highest BCUT2D eigenvalue weighted by Gasteiger charge is 2.47. The Morgan fingerprint density at radius 1 is 1.22 bits per heavy atom. The van der Waals surface area contributed by atoms with E-state index in [2.05, 4.69) is 59.2 Å². The molecule has 0 aliphatic carbocycles. The van der Waals surface area contributed by atoms with E-state index in [4.69, 9.17) is 16.3 Å². The van der Waals surface area contributed by atoms with Gasteiger partial charge in [-0.25, -0.2) is 15.0 Å². The molecule has 1 fully saturated rings. The Morgan fingerprint density at radius 2 is 2.06 bits per heavy atom. The van der Waals surface area contributed by atoms with Crippen LogP contribution in [0.4, 0.5) is 5.82 Å². The maximum atomic E-state index is 12.1. The minimum Gasteiger partial charge on any atom is -0.387 e. The van der Waals surface area contributed by atoms with E-state index in [1.807, 2.05) is 18.2 Å². The normalized spacial score (nSPS) is 21.6. The quantitative estimate of drug-likeness (QED) is 0.238. The van der Waals surface area contributed by atoms with Crippen molar-refractivity contribution >= 4 is 57.1 Å². The number of halogens is 2. The van der Waals surface area contributed by atoms with Crippen molar-refractivity contribution in [2.45, 2.75) is 31.1 Å². The minimum absolute atomic E-state index is 0.320. The van der Waals surface area contributed by atoms with E-state index < -0.39 is 30.4 Å². The van der Waals surface area contributed by atoms with E-state index in [9.17, 15) is 15.0 Å². The first-order valence-electron chi connectivity index (χ1n) is 10.9. The van der Waals surface area contributed by atoms with Crippen molar-refractivity contribution in [3.8, 4) is 11.4 Å². The number of nitrogens with one attached hydrogen (secondary N) is 2. The van der Waals surface area contributed by atoms with Crippen LogP contribution in [0.3, 0.4) is 0 Å². The van der Waals surface area contributed by atoms with E-state index in [-0.39, 0.29) is 0 Å². The maximum absolute atomic E-state index is 12.1. The average molecular weight is 622 g/mol. The number of ether oxygens (including phenoxy) is 1. The standard InChI is InChI=1S/C23H21ClIN7O4/c1-26-22(35)18-16(33)17(34)23(36-18)32-10-29-15-20(28-7-11-3-2-4-14(25)5-11)30-19(31-21(15)32)12-6-13(24)9-27-8-12/h2-6,8-10,16-18,23,33-34H,7H2,1H3,(H,26,35)(H,28,30,31)/t16-,17+,18-,23+/m0/s1. The molecule has 0 bridgehead atoms. The van der Waals surface area contributed by atoms with Gasteiger partial charge in [0.1, 0.15) is 12.2 Å². The van der Waals surface area contributed by atoms with Crippen LogP contribution in [-0.2, 0) is 16.1 Å². The highest BCUT2D eigenvalue weighted by molar-refractivity contribution is 14.1. The van der Waals surface area contributed by atoms with Gasteiger partial charge in [0.15, 0.2) is 35.1 Å². The molecule has 0 radical (unpaired) electrons. The number of hydrogen-bond donors (Lipinski definition) is 4. The van der Waals surface area contributed by atoms with Gasteiger partial charge in [-0.05, 0) is 46.4 Å². The number of rotatable bonds is 6. The van der Waals surface area contributed by atoms with E-state index >= 15 is 0 Å². The van der Waals surface area contributed by atoms with E-state index in [1.54, 1.807) is 12.3 Å². The van der Waals surface area contributed by atoms with Crippen molar-refractivity contribution in [1.82, 2.24) is 29.8 Å². The molecule has 1 aliphatic heterocycles. The predicted octanol–water partition coefficient (Wildman–Crippen LogP) is 2.12. The zero-order chi connectivity index (χ0) is 25.4. The first-order chi connectivity index (χ1) is 17.4. The Morgan fingerprint density at radius 3 is 2.81 bits per heavy atom. The molecule has 186 valence electrons. The van der Waals surface area contributed by atoms with Gasteiger partial charge in [-0.1, -0.05) is 23.7 Å². The molecule has 0 spiro atoms. The van der Waals surface area contributed by atoms with Crippen LogP contribution >= 0.6 is 34.2 Å². The third kappa shape index (κ3) is 4.74. The first kappa shape index (κ1) is 24.8. The zero-order valence-corrected chi connectivity index (χ0v) is 21.8. The zero-order valence-electron chi connectivity index (χ0n) is 18.8. The van der Waals surface area contributed by atoms with Gasteiger partial charge in [0, 0.05) is 35.1 Å². The molecule has 36 heavy (non-hydrogen) atoms. The monoisotopic (exact) mass is 621 g/mol. The molecule has 4 atom stereocenters. The van der Waals surface area contributed by atoms with Crippen molar-refractivity contribution in [3.63, 3.8) is 0 Å². The summed E-state index contributed by atoms with van der Waals surface area (Å²) >= 11 is 8.40. The van der Waals surface area contributed by atoms with Gasteiger partial charge in [0.25, 0.3) is 5.91 Å². The van der Waals surface area contributed by atoms with Gasteiger partial charge in [-0.3, -0.25) is 14.3 Å². The summed E-state index contributed by atoms with van der Waals surface area (Å²) in [6.07, 6.45) is -0.637. The van der Waals surface area contributed by atoms with Crippen molar-refractivity contribution in [3.05, 3.63) is 63.2 Å². The Labute approximate surface area is 224 Å². The van der Waals surface area contributed by atoms with Gasteiger partial charge in [0.2, 0.25) is 0 Å². The number of pyridine rings is 1. The number of aromatic nitrogens is 5. The highest BCUT2D eigenvalue weighted by Crippen LogP contribution is 2.34. The molecule has 4 N–H and O–H groups in total. The molecule has 0 saturated carbocycles. The summed E-state index contributed by atoms with van der Waals surface area (Å²) in [5.41, 5.74) is 2.38. The Hall–Kier alpha value is -2.91. The Kier molecular flexibility index (Phi) is 7.03. The minimum atomic E-state index is -1.43. The van der Waals surface area contributed by atoms with Gasteiger partial charge < -0.3 is 25.6 Å². The number of imidazole rings is 1. The number of hydrogen-bond acceptors (Lipinski definition) is 9. The highest BCUT2D eigenvalue weighted by atomic mass is 127. The van der Waals surface area contributed by atoms with Crippen LogP contribution in [0.2, 0.25) is 5.02 Å². The number of carbonyl (C=O) groups is 1. The third-order valence-corrected chi connectivity index (χ3v) is 6.63. The third-order valence-electron chi connectivity index (χ3n) is 5.75. The maximum Gasteiger partial charge on any atom is 0.251 e. The van der Waals surface area contributed by atoms with Crippen molar-refractivity contribution in [1.29, 1.82) is 0 Å². The van der Waals surface area contributed by atoms with Crippen LogP contribution in [0.25, 0.3) is 22.6 Å². The fraction of sp³-hybridized carbons (Fsp3) is 0.261. The summed E-state index contributed by atoms with van der Waals surface area (Å²) in [5, 5.41) is 27.3. The van der Waals surface area contributed by atoms with Crippen LogP contribution in [0.1, 0.15) is 11.8 Å². The van der Waals surface area contributed by atoms with Gasteiger partial charge in [0.05, 0.1) is 11.3 Å². The fourth-order valence-corrected chi connectivity index (χ4v) is 4.75. The summed E-state index contributed by atoms with van der Waals surface area (Å²) in [5.74, 6) is 0.220. The van der Waals surface area contributed by atoms with E-state index in [1.165, 1.54) is 24.1 Å². The van der Waals surface area contributed by atoms with E-state index in [0.717, 1.165) is 9.13 Å². The molecular formula is C23H21ClIN7O4. The Balaban J connectivity index is 1.58. The number of aliphatic hydroxyl groups excluding tert-OH is 2. The van der Waals surface area contributed by atoms with Gasteiger partial charge in [-0.15, -0.1) is 0 Å². The summed E-state index contributed by atoms with van der Waals surface area (Å²) in [4.78, 5) is 30.0. The number of nitrogens with zero attached hydrogens (tertiary/aromatic N) is 5. The summed E-state index contributed by atoms with van der Waals surface area (Å²) < 4.78 is 8.32. The number of amides is 1. The molecule has 3 aromatic heterocycles. The molecule has 0 unspecified atom stereocenters. The SMILES string of the molecule is CNC(=O)[C@H]1O[C@@H](n2cnc3c(NCc4cccc(I)c4)nc(-c4cncc(Cl)c4)nc32)[C@H](O)[C@@H]1O. The summed E-state index contributed by atoms with van der Waals surface area (Å²) in [6, 6.07) is 9.71. The largest absolute Gasteiger partial charge is 0.387 e. The summed E-state index contributed by atoms with van der Waals surface area (Å²) in [6.45, 7) is 0.475. The van der Waals surface area contributed by atoms with Crippen LogP contribution in [0.5, 0.6) is 0 Å². The van der Waals surface area contributed by atoms with Crippen LogP contribution in [-0.4, -0.2) is 66.0 Å². The second kappa shape index (κ2) is 10.2. The number of aliphatic hydroxyl groups is 2.